The number of hydrogen-bond acceptors (Lipinski definition) is 5. The van der Waals surface area contributed by atoms with Crippen molar-refractivity contribution in [3.63, 3.8) is 0 Å². The predicted molar refractivity (Wildman–Crippen MR) is 87.8 cm³/mol. The van der Waals surface area contributed by atoms with Crippen molar-refractivity contribution >= 4 is 23.6 Å². The first-order valence-corrected chi connectivity index (χ1v) is 7.19. The molecular weight excluding hydrogens is 300 g/mol. The molecular formula is C16H24N2O5. The molecule has 0 heterocycles. The Hall–Kier alpha value is -2.44. The lowest BCUT2D eigenvalue weighted by Gasteiger charge is -2.20. The van der Waals surface area contributed by atoms with Crippen molar-refractivity contribution in [3.05, 3.63) is 18.2 Å². The lowest BCUT2D eigenvalue weighted by Crippen LogP contribution is -2.27. The number of anilines is 2. The van der Waals surface area contributed by atoms with Crippen LogP contribution in [0.25, 0.3) is 0 Å². The van der Waals surface area contributed by atoms with Gasteiger partial charge in [0.05, 0.1) is 5.69 Å². The maximum absolute atomic E-state index is 11.7. The van der Waals surface area contributed by atoms with Gasteiger partial charge >= 0.3 is 12.2 Å². The van der Waals surface area contributed by atoms with Crippen LogP contribution < -0.4 is 10.6 Å². The Kier molecular flexibility index (Phi) is 5.47. The molecule has 0 aromatic heterocycles. The number of phenols is 1. The van der Waals surface area contributed by atoms with Crippen molar-refractivity contribution in [1.29, 1.82) is 0 Å². The van der Waals surface area contributed by atoms with Gasteiger partial charge in [0.15, 0.2) is 0 Å². The molecule has 0 aliphatic carbocycles. The van der Waals surface area contributed by atoms with Crippen molar-refractivity contribution in [2.24, 2.45) is 0 Å². The van der Waals surface area contributed by atoms with Crippen LogP contribution in [0.5, 0.6) is 5.75 Å². The largest absolute Gasteiger partial charge is 0.506 e. The summed E-state index contributed by atoms with van der Waals surface area (Å²) in [7, 11) is 0. The molecule has 1 aromatic carbocycles. The van der Waals surface area contributed by atoms with Gasteiger partial charge in [-0.3, -0.25) is 10.6 Å². The molecule has 128 valence electrons. The summed E-state index contributed by atoms with van der Waals surface area (Å²) < 4.78 is 10.2. The van der Waals surface area contributed by atoms with Crippen molar-refractivity contribution in [2.75, 3.05) is 10.6 Å². The van der Waals surface area contributed by atoms with E-state index in [2.05, 4.69) is 10.6 Å². The molecule has 7 nitrogen and oxygen atoms in total. The summed E-state index contributed by atoms with van der Waals surface area (Å²) in [5.74, 6) is -0.204. The summed E-state index contributed by atoms with van der Waals surface area (Å²) in [5.41, 5.74) is -0.747. The highest BCUT2D eigenvalue weighted by atomic mass is 16.6. The minimum Gasteiger partial charge on any atom is -0.506 e. The summed E-state index contributed by atoms with van der Waals surface area (Å²) in [4.78, 5) is 23.3. The van der Waals surface area contributed by atoms with Crippen LogP contribution in [0.3, 0.4) is 0 Å². The van der Waals surface area contributed by atoms with E-state index >= 15 is 0 Å². The van der Waals surface area contributed by atoms with Gasteiger partial charge in [0.1, 0.15) is 17.0 Å². The Labute approximate surface area is 136 Å². The van der Waals surface area contributed by atoms with Crippen molar-refractivity contribution < 1.29 is 24.2 Å². The zero-order chi connectivity index (χ0) is 17.8. The van der Waals surface area contributed by atoms with E-state index in [9.17, 15) is 14.7 Å². The van der Waals surface area contributed by atoms with Crippen molar-refractivity contribution in [2.45, 2.75) is 52.7 Å². The van der Waals surface area contributed by atoms with E-state index in [0.717, 1.165) is 0 Å². The predicted octanol–water partition coefficient (Wildman–Crippen LogP) is 4.09. The second kappa shape index (κ2) is 6.76. The summed E-state index contributed by atoms with van der Waals surface area (Å²) in [6, 6.07) is 4.28. The van der Waals surface area contributed by atoms with Crippen LogP contribution in [-0.4, -0.2) is 28.5 Å². The molecule has 0 saturated carbocycles. The maximum Gasteiger partial charge on any atom is 0.412 e. The van der Waals surface area contributed by atoms with Gasteiger partial charge in [-0.05, 0) is 53.7 Å². The third-order valence-corrected chi connectivity index (χ3v) is 2.28. The first-order valence-electron chi connectivity index (χ1n) is 7.19. The van der Waals surface area contributed by atoms with E-state index in [-0.39, 0.29) is 11.4 Å². The summed E-state index contributed by atoms with van der Waals surface area (Å²) in [6.07, 6.45) is -1.31. The third kappa shape index (κ3) is 7.39. The Morgan fingerprint density at radius 3 is 1.83 bits per heavy atom. The van der Waals surface area contributed by atoms with Crippen LogP contribution in [0, 0.1) is 0 Å². The number of rotatable bonds is 2. The topological polar surface area (TPSA) is 96.9 Å². The SMILES string of the molecule is CC(C)(C)OC(=O)Nc1ccc(NC(=O)OC(C)(C)C)c(O)c1. The van der Waals surface area contributed by atoms with E-state index in [1.807, 2.05) is 0 Å². The number of ether oxygens (including phenoxy) is 2. The fraction of sp³-hybridized carbons (Fsp3) is 0.500. The van der Waals surface area contributed by atoms with Gasteiger partial charge in [-0.1, -0.05) is 0 Å². The molecule has 1 rings (SSSR count). The smallest absolute Gasteiger partial charge is 0.412 e. The Bertz CT molecular complexity index is 585. The van der Waals surface area contributed by atoms with E-state index in [0.29, 0.717) is 5.69 Å². The number of carbonyl (C=O) groups is 2. The van der Waals surface area contributed by atoms with Crippen LogP contribution in [0.1, 0.15) is 41.5 Å². The van der Waals surface area contributed by atoms with E-state index in [4.69, 9.17) is 9.47 Å². The summed E-state index contributed by atoms with van der Waals surface area (Å²) >= 11 is 0. The second-order valence-corrected chi connectivity index (χ2v) is 6.99. The number of phenolic OH excluding ortho intramolecular Hbond substituents is 1. The Morgan fingerprint density at radius 2 is 1.39 bits per heavy atom. The fourth-order valence-corrected chi connectivity index (χ4v) is 1.55. The molecule has 3 N–H and O–H groups in total. The van der Waals surface area contributed by atoms with Crippen LogP contribution in [-0.2, 0) is 9.47 Å². The van der Waals surface area contributed by atoms with Crippen LogP contribution in [0.4, 0.5) is 21.0 Å². The third-order valence-electron chi connectivity index (χ3n) is 2.28. The second-order valence-electron chi connectivity index (χ2n) is 6.99. The molecule has 1 aromatic rings. The van der Waals surface area contributed by atoms with Gasteiger partial charge in [0.25, 0.3) is 0 Å². The summed E-state index contributed by atoms with van der Waals surface area (Å²) in [6.45, 7) is 10.5. The van der Waals surface area contributed by atoms with Crippen molar-refractivity contribution in [1.82, 2.24) is 0 Å². The highest BCUT2D eigenvalue weighted by Gasteiger charge is 2.18. The minimum atomic E-state index is -0.680. The number of nitrogens with one attached hydrogen (secondary N) is 2. The molecule has 0 saturated heterocycles. The lowest BCUT2D eigenvalue weighted by atomic mass is 10.2. The summed E-state index contributed by atoms with van der Waals surface area (Å²) in [5, 5.41) is 14.8. The number of aromatic hydroxyl groups is 1. The van der Waals surface area contributed by atoms with E-state index < -0.39 is 23.4 Å². The molecule has 0 bridgehead atoms. The molecule has 0 unspecified atom stereocenters. The number of carbonyl (C=O) groups excluding carboxylic acids is 2. The monoisotopic (exact) mass is 324 g/mol. The van der Waals surface area contributed by atoms with Crippen molar-refractivity contribution in [3.8, 4) is 5.75 Å². The number of amides is 2. The molecule has 0 fully saturated rings. The van der Waals surface area contributed by atoms with Gasteiger partial charge in [0, 0.05) is 11.8 Å². The molecule has 0 radical (unpaired) electrons. The van der Waals surface area contributed by atoms with Gasteiger partial charge in [0.2, 0.25) is 0 Å². The fourth-order valence-electron chi connectivity index (χ4n) is 1.55. The molecule has 0 spiro atoms. The van der Waals surface area contributed by atoms with Gasteiger partial charge in [-0.15, -0.1) is 0 Å². The standard InChI is InChI=1S/C16H24N2O5/c1-15(2,3)22-13(20)17-10-7-8-11(12(19)9-10)18-14(21)23-16(4,5)6/h7-9,19H,1-6H3,(H,17,20)(H,18,21). The zero-order valence-electron chi connectivity index (χ0n) is 14.3. The molecule has 0 atom stereocenters. The molecule has 0 aliphatic rings. The Balaban J connectivity index is 2.71. The Morgan fingerprint density at radius 1 is 0.913 bits per heavy atom. The number of benzene rings is 1. The van der Waals surface area contributed by atoms with Gasteiger partial charge < -0.3 is 14.6 Å². The van der Waals surface area contributed by atoms with E-state index in [1.54, 1.807) is 41.5 Å². The molecule has 23 heavy (non-hydrogen) atoms. The van der Waals surface area contributed by atoms with Gasteiger partial charge in [-0.2, -0.15) is 0 Å². The first-order chi connectivity index (χ1) is 10.4. The van der Waals surface area contributed by atoms with Crippen LogP contribution in [0.2, 0.25) is 0 Å². The van der Waals surface area contributed by atoms with E-state index in [1.165, 1.54) is 18.2 Å². The van der Waals surface area contributed by atoms with Crippen LogP contribution in [0.15, 0.2) is 18.2 Å². The molecule has 2 amide bonds. The molecule has 7 heteroatoms. The average molecular weight is 324 g/mol. The molecule has 0 aliphatic heterocycles. The van der Waals surface area contributed by atoms with Gasteiger partial charge in [-0.25, -0.2) is 9.59 Å². The average Bonchev–Trinajstić information content (AvgIpc) is 2.27. The maximum atomic E-state index is 11.7. The normalized spacial score (nSPS) is 11.6. The zero-order valence-corrected chi connectivity index (χ0v) is 14.3. The minimum absolute atomic E-state index is 0.175. The highest BCUT2D eigenvalue weighted by molar-refractivity contribution is 5.89. The highest BCUT2D eigenvalue weighted by Crippen LogP contribution is 2.27. The number of hydrogen-bond donors (Lipinski definition) is 3. The first kappa shape index (κ1) is 18.6. The lowest BCUT2D eigenvalue weighted by molar-refractivity contribution is 0.0623. The van der Waals surface area contributed by atoms with Crippen LogP contribution >= 0.6 is 0 Å². The quantitative estimate of drug-likeness (QED) is 0.712.